The number of hydrogen-bond donors (Lipinski definition) is 0. The quantitative estimate of drug-likeness (QED) is 0.572. The molecule has 0 aliphatic heterocycles. The maximum atomic E-state index is 10.3. The summed E-state index contributed by atoms with van der Waals surface area (Å²) in [7, 11) is 1.53. The Kier molecular flexibility index (Phi) is 4.63. The Bertz CT molecular complexity index is 399. The number of rotatable bonds is 5. The van der Waals surface area contributed by atoms with Crippen LogP contribution in [0.4, 0.5) is 5.69 Å². The molecule has 0 aliphatic carbocycles. The molecule has 0 heterocycles. The van der Waals surface area contributed by atoms with Gasteiger partial charge in [-0.25, -0.2) is 0 Å². The minimum atomic E-state index is -1.18. The maximum Gasteiger partial charge on any atom is 0.0874 e. The highest BCUT2D eigenvalue weighted by molar-refractivity contribution is 5.66. The van der Waals surface area contributed by atoms with Gasteiger partial charge in [0.15, 0.2) is 0 Å². The topological polar surface area (TPSA) is 68.1 Å². The van der Waals surface area contributed by atoms with Crippen molar-refractivity contribution in [2.75, 3.05) is 13.6 Å². The summed E-state index contributed by atoms with van der Waals surface area (Å²) in [6, 6.07) is 7.67. The van der Waals surface area contributed by atoms with Crippen LogP contribution >= 0.6 is 0 Å². The van der Waals surface area contributed by atoms with Crippen molar-refractivity contribution in [3.63, 3.8) is 0 Å². The average Bonchev–Trinajstić information content (AvgIpc) is 2.26. The Hall–Kier alpha value is -1.91. The molecule has 5 nitrogen and oxygen atoms in total. The smallest absolute Gasteiger partial charge is 0.0874 e. The lowest BCUT2D eigenvalue weighted by Crippen LogP contribution is -2.33. The lowest BCUT2D eigenvalue weighted by Gasteiger charge is -2.11. The molecule has 0 amide bonds. The summed E-state index contributed by atoms with van der Waals surface area (Å²) in [6.45, 7) is 3.96. The van der Waals surface area contributed by atoms with E-state index in [0.717, 1.165) is 0 Å². The van der Waals surface area contributed by atoms with Crippen LogP contribution in [0.15, 0.2) is 34.6 Å². The molecule has 0 saturated heterocycles. The number of aliphatic carboxylic acids is 1. The lowest BCUT2D eigenvalue weighted by molar-refractivity contribution is -0.306. The molecule has 0 fully saturated rings. The van der Waals surface area contributed by atoms with Crippen molar-refractivity contribution in [2.24, 2.45) is 10.3 Å². The van der Waals surface area contributed by atoms with Gasteiger partial charge in [-0.1, -0.05) is 31.2 Å². The normalized spacial score (nSPS) is 11.1. The fourth-order valence-electron chi connectivity index (χ4n) is 1.27. The summed E-state index contributed by atoms with van der Waals surface area (Å²) < 4.78 is 0. The first-order valence-corrected chi connectivity index (χ1v) is 5.41. The zero-order valence-corrected chi connectivity index (χ0v) is 10.3. The molecular formula is C12H16N3O2-. The van der Waals surface area contributed by atoms with Crippen molar-refractivity contribution in [1.82, 2.24) is 5.01 Å². The number of carboxylic acid groups (broad SMARTS) is 1. The van der Waals surface area contributed by atoms with Crippen LogP contribution in [0, 0.1) is 0 Å². The van der Waals surface area contributed by atoms with Gasteiger partial charge in [0, 0.05) is 7.05 Å². The molecule has 0 aromatic heterocycles. The van der Waals surface area contributed by atoms with Crippen LogP contribution < -0.4 is 5.11 Å². The first-order valence-electron chi connectivity index (χ1n) is 5.41. The van der Waals surface area contributed by atoms with E-state index >= 15 is 0 Å². The first-order chi connectivity index (χ1) is 7.99. The monoisotopic (exact) mass is 234 g/mol. The molecular weight excluding hydrogens is 218 g/mol. The second-order valence-corrected chi connectivity index (χ2v) is 4.12. The van der Waals surface area contributed by atoms with Gasteiger partial charge in [0.1, 0.15) is 0 Å². The fourth-order valence-corrected chi connectivity index (χ4v) is 1.27. The highest BCUT2D eigenvalue weighted by Crippen LogP contribution is 2.19. The van der Waals surface area contributed by atoms with Crippen LogP contribution in [0.3, 0.4) is 0 Å². The summed E-state index contributed by atoms with van der Waals surface area (Å²) in [6.07, 6.45) is 0. The Labute approximate surface area is 101 Å². The Balaban J connectivity index is 2.62. The molecule has 1 aromatic rings. The van der Waals surface area contributed by atoms with Crippen molar-refractivity contribution in [2.45, 2.75) is 19.8 Å². The Morgan fingerprint density at radius 2 is 1.94 bits per heavy atom. The number of carbonyl (C=O) groups excluding carboxylic acids is 1. The van der Waals surface area contributed by atoms with E-state index < -0.39 is 5.97 Å². The fraction of sp³-hybridized carbons (Fsp3) is 0.417. The highest BCUT2D eigenvalue weighted by Gasteiger charge is 1.98. The summed E-state index contributed by atoms with van der Waals surface area (Å²) in [5.41, 5.74) is 1.92. The van der Waals surface area contributed by atoms with Crippen LogP contribution in [0.1, 0.15) is 25.3 Å². The number of carboxylic acids is 1. The van der Waals surface area contributed by atoms with Crippen LogP contribution in [0.5, 0.6) is 0 Å². The van der Waals surface area contributed by atoms with Gasteiger partial charge < -0.3 is 9.90 Å². The molecule has 0 bridgehead atoms. The SMILES string of the molecule is CC(C)c1ccc(N=NN(C)CC(=O)[O-])cc1. The van der Waals surface area contributed by atoms with Crippen molar-refractivity contribution < 1.29 is 9.90 Å². The van der Waals surface area contributed by atoms with Gasteiger partial charge in [-0.2, -0.15) is 0 Å². The summed E-state index contributed by atoms with van der Waals surface area (Å²) in [4.78, 5) is 10.3. The standard InChI is InChI=1S/C12H17N3O2/c1-9(2)10-4-6-11(7-5-10)13-14-15(3)8-12(16)17/h4-7,9H,8H2,1-3H3,(H,16,17)/p-1. The summed E-state index contributed by atoms with van der Waals surface area (Å²) in [5.74, 6) is -0.705. The zero-order valence-electron chi connectivity index (χ0n) is 10.3. The molecule has 0 aliphatic rings. The number of benzene rings is 1. The molecule has 5 heteroatoms. The molecule has 0 saturated carbocycles. The molecule has 0 N–H and O–H groups in total. The largest absolute Gasteiger partial charge is 0.548 e. The van der Waals surface area contributed by atoms with Gasteiger partial charge in [-0.15, -0.1) is 5.11 Å². The predicted octanol–water partition coefficient (Wildman–Crippen LogP) is 1.49. The van der Waals surface area contributed by atoms with Crippen molar-refractivity contribution >= 4 is 11.7 Å². The van der Waals surface area contributed by atoms with E-state index in [1.54, 1.807) is 0 Å². The third-order valence-electron chi connectivity index (χ3n) is 2.23. The molecule has 0 radical (unpaired) electrons. The van der Waals surface area contributed by atoms with Gasteiger partial charge in [-0.3, -0.25) is 5.01 Å². The van der Waals surface area contributed by atoms with E-state index in [-0.39, 0.29) is 6.54 Å². The maximum absolute atomic E-state index is 10.3. The molecule has 0 atom stereocenters. The molecule has 17 heavy (non-hydrogen) atoms. The average molecular weight is 234 g/mol. The van der Waals surface area contributed by atoms with Crippen LogP contribution in [0.25, 0.3) is 0 Å². The minimum absolute atomic E-state index is 0.270. The van der Waals surface area contributed by atoms with E-state index in [4.69, 9.17) is 0 Å². The van der Waals surface area contributed by atoms with Gasteiger partial charge >= 0.3 is 0 Å². The minimum Gasteiger partial charge on any atom is -0.548 e. The summed E-state index contributed by atoms with van der Waals surface area (Å²) in [5, 5.41) is 19.2. The number of likely N-dealkylation sites (N-methyl/N-ethyl adjacent to an activating group) is 1. The second-order valence-electron chi connectivity index (χ2n) is 4.12. The third kappa shape index (κ3) is 4.63. The zero-order chi connectivity index (χ0) is 12.8. The lowest BCUT2D eigenvalue weighted by atomic mass is 10.0. The number of hydrogen-bond acceptors (Lipinski definition) is 4. The van der Waals surface area contributed by atoms with Gasteiger partial charge in [-0.05, 0) is 23.6 Å². The van der Waals surface area contributed by atoms with Crippen LogP contribution in [-0.2, 0) is 4.79 Å². The van der Waals surface area contributed by atoms with E-state index in [2.05, 4.69) is 24.2 Å². The van der Waals surface area contributed by atoms with Gasteiger partial charge in [0.2, 0.25) is 0 Å². The first kappa shape index (κ1) is 13.2. The number of carbonyl (C=O) groups is 1. The van der Waals surface area contributed by atoms with E-state index in [1.165, 1.54) is 17.6 Å². The van der Waals surface area contributed by atoms with Gasteiger partial charge in [0.05, 0.1) is 18.2 Å². The number of nitrogens with zero attached hydrogens (tertiary/aromatic N) is 3. The van der Waals surface area contributed by atoms with Crippen molar-refractivity contribution in [3.8, 4) is 0 Å². The Morgan fingerprint density at radius 3 is 2.41 bits per heavy atom. The third-order valence-corrected chi connectivity index (χ3v) is 2.23. The molecule has 92 valence electrons. The predicted molar refractivity (Wildman–Crippen MR) is 62.7 cm³/mol. The van der Waals surface area contributed by atoms with E-state index in [1.807, 2.05) is 24.3 Å². The van der Waals surface area contributed by atoms with Crippen LogP contribution in [-0.4, -0.2) is 24.6 Å². The van der Waals surface area contributed by atoms with E-state index in [9.17, 15) is 9.90 Å². The molecule has 0 unspecified atom stereocenters. The van der Waals surface area contributed by atoms with Crippen molar-refractivity contribution in [1.29, 1.82) is 0 Å². The van der Waals surface area contributed by atoms with E-state index in [0.29, 0.717) is 11.6 Å². The molecule has 0 spiro atoms. The summed E-state index contributed by atoms with van der Waals surface area (Å²) >= 11 is 0. The van der Waals surface area contributed by atoms with Crippen LogP contribution in [0.2, 0.25) is 0 Å². The molecule has 1 aromatic carbocycles. The molecule has 1 rings (SSSR count). The van der Waals surface area contributed by atoms with Crippen molar-refractivity contribution in [3.05, 3.63) is 29.8 Å². The van der Waals surface area contributed by atoms with Gasteiger partial charge in [0.25, 0.3) is 0 Å². The highest BCUT2D eigenvalue weighted by atomic mass is 16.4. The Morgan fingerprint density at radius 1 is 1.35 bits per heavy atom. The second kappa shape index (κ2) is 5.98.